The molecule has 1 saturated heterocycles. The summed E-state index contributed by atoms with van der Waals surface area (Å²) in [5.41, 5.74) is 1.07. The van der Waals surface area contributed by atoms with E-state index in [2.05, 4.69) is 69.5 Å². The maximum absolute atomic E-state index is 2.69. The first-order chi connectivity index (χ1) is 8.26. The van der Waals surface area contributed by atoms with Gasteiger partial charge in [-0.15, -0.1) is 0 Å². The summed E-state index contributed by atoms with van der Waals surface area (Å²) in [5, 5.41) is 0. The number of fused-ring (bicyclic) bond motifs is 2. The van der Waals surface area contributed by atoms with Crippen molar-refractivity contribution in [3.05, 3.63) is 18.3 Å². The summed E-state index contributed by atoms with van der Waals surface area (Å²) >= 11 is 0. The van der Waals surface area contributed by atoms with Gasteiger partial charge in [0.2, 0.25) is 0 Å². The number of aryl methyl sites for hydroxylation is 1. The van der Waals surface area contributed by atoms with E-state index in [0.717, 1.165) is 0 Å². The van der Waals surface area contributed by atoms with Crippen molar-refractivity contribution in [3.8, 4) is 0 Å². The molecule has 0 N–H and O–H groups in total. The quantitative estimate of drug-likeness (QED) is 0.731. The van der Waals surface area contributed by atoms with Gasteiger partial charge in [-0.2, -0.15) is 0 Å². The fourth-order valence-corrected chi connectivity index (χ4v) is 4.76. The van der Waals surface area contributed by atoms with Crippen LogP contribution < -0.4 is 4.90 Å². The minimum Gasteiger partial charge on any atom is -0.349 e. The van der Waals surface area contributed by atoms with Crippen molar-refractivity contribution in [2.45, 2.75) is 59.0 Å². The Morgan fingerprint density at radius 3 is 2.28 bits per heavy atom. The van der Waals surface area contributed by atoms with Crippen LogP contribution in [0.3, 0.4) is 0 Å². The molecule has 2 heteroatoms. The Morgan fingerprint density at radius 2 is 1.83 bits per heavy atom. The molecule has 0 amide bonds. The smallest absolute Gasteiger partial charge is 0.108 e. The summed E-state index contributed by atoms with van der Waals surface area (Å²) in [5.74, 6) is 1.38. The highest BCUT2D eigenvalue weighted by Gasteiger charge is 2.70. The van der Waals surface area contributed by atoms with E-state index >= 15 is 0 Å². The second kappa shape index (κ2) is 3.15. The predicted molar refractivity (Wildman–Crippen MR) is 76.9 cm³/mol. The van der Waals surface area contributed by atoms with E-state index in [1.807, 2.05) is 0 Å². The first kappa shape index (κ1) is 12.1. The van der Waals surface area contributed by atoms with E-state index in [1.165, 1.54) is 18.7 Å². The van der Waals surface area contributed by atoms with Crippen LogP contribution >= 0.6 is 0 Å². The molecule has 2 aliphatic rings. The summed E-state index contributed by atoms with van der Waals surface area (Å²) in [4.78, 5) is 2.69. The molecule has 1 aliphatic carbocycles. The normalized spacial score (nSPS) is 41.7. The van der Waals surface area contributed by atoms with Crippen molar-refractivity contribution < 1.29 is 0 Å². The molecule has 0 radical (unpaired) electrons. The van der Waals surface area contributed by atoms with E-state index in [4.69, 9.17) is 0 Å². The molecule has 2 fully saturated rings. The fraction of sp³-hybridized carbons (Fsp3) is 0.750. The highest BCUT2D eigenvalue weighted by Crippen LogP contribution is 2.69. The molecule has 2 heterocycles. The van der Waals surface area contributed by atoms with Crippen LogP contribution in [0.2, 0.25) is 0 Å². The van der Waals surface area contributed by atoms with Crippen LogP contribution in [0, 0.1) is 10.8 Å². The van der Waals surface area contributed by atoms with E-state index in [1.54, 1.807) is 0 Å². The average molecular weight is 246 g/mol. The zero-order valence-corrected chi connectivity index (χ0v) is 12.6. The molecule has 3 atom stereocenters. The first-order valence-corrected chi connectivity index (χ1v) is 7.16. The Kier molecular flexibility index (Phi) is 2.12. The number of hydrogen-bond acceptors (Lipinski definition) is 1. The predicted octanol–water partition coefficient (Wildman–Crippen LogP) is 3.82. The van der Waals surface area contributed by atoms with E-state index < -0.39 is 0 Å². The lowest BCUT2D eigenvalue weighted by molar-refractivity contribution is 0.132. The highest BCUT2D eigenvalue weighted by atomic mass is 15.4. The third-order valence-electron chi connectivity index (χ3n) is 6.91. The van der Waals surface area contributed by atoms with Crippen LogP contribution in [-0.4, -0.2) is 16.1 Å². The molecule has 0 aromatic carbocycles. The molecule has 18 heavy (non-hydrogen) atoms. The van der Waals surface area contributed by atoms with Gasteiger partial charge in [0, 0.05) is 24.8 Å². The Balaban J connectivity index is 2.17. The van der Waals surface area contributed by atoms with Crippen LogP contribution in [0.25, 0.3) is 0 Å². The monoisotopic (exact) mass is 246 g/mol. The zero-order valence-electron chi connectivity index (χ0n) is 12.6. The molecule has 1 aromatic rings. The van der Waals surface area contributed by atoms with E-state index in [-0.39, 0.29) is 5.54 Å². The van der Waals surface area contributed by atoms with Gasteiger partial charge >= 0.3 is 0 Å². The number of piperidine rings is 1. The Morgan fingerprint density at radius 1 is 1.17 bits per heavy atom. The molecule has 0 spiro atoms. The molecule has 2 nitrogen and oxygen atoms in total. The summed E-state index contributed by atoms with van der Waals surface area (Å²) in [6.45, 7) is 12.3. The van der Waals surface area contributed by atoms with Crippen LogP contribution in [0.15, 0.2) is 18.3 Å². The van der Waals surface area contributed by atoms with Crippen LogP contribution in [-0.2, 0) is 7.05 Å². The van der Waals surface area contributed by atoms with Gasteiger partial charge in [0.05, 0.1) is 0 Å². The third-order valence-corrected chi connectivity index (χ3v) is 6.91. The first-order valence-electron chi connectivity index (χ1n) is 7.16. The van der Waals surface area contributed by atoms with Crippen LogP contribution in [0.5, 0.6) is 0 Å². The number of rotatable bonds is 1. The molecule has 3 rings (SSSR count). The van der Waals surface area contributed by atoms with Crippen LogP contribution in [0.4, 0.5) is 5.82 Å². The largest absolute Gasteiger partial charge is 0.349 e. The number of aromatic nitrogens is 1. The fourth-order valence-electron chi connectivity index (χ4n) is 4.76. The van der Waals surface area contributed by atoms with E-state index in [0.29, 0.717) is 16.9 Å². The summed E-state index contributed by atoms with van der Waals surface area (Å²) < 4.78 is 2.27. The van der Waals surface area contributed by atoms with Gasteiger partial charge in [-0.3, -0.25) is 0 Å². The van der Waals surface area contributed by atoms with Gasteiger partial charge in [0.15, 0.2) is 0 Å². The Hall–Kier alpha value is -0.920. The van der Waals surface area contributed by atoms with Gasteiger partial charge in [0.1, 0.15) is 5.82 Å². The van der Waals surface area contributed by atoms with Gasteiger partial charge in [-0.25, -0.2) is 0 Å². The van der Waals surface area contributed by atoms with Crippen molar-refractivity contribution in [1.82, 2.24) is 4.57 Å². The van der Waals surface area contributed by atoms with Crippen molar-refractivity contribution in [3.63, 3.8) is 0 Å². The van der Waals surface area contributed by atoms with Gasteiger partial charge in [0.25, 0.3) is 0 Å². The minimum atomic E-state index is 0.285. The van der Waals surface area contributed by atoms with Gasteiger partial charge < -0.3 is 9.47 Å². The standard InChI is InChI=1S/C16H26N2/c1-12-15(4)9-10-16(5,14(15,2)3)18(12)13-8-7-11-17(13)6/h7-8,11-12H,9-10H2,1-6H3. The van der Waals surface area contributed by atoms with Crippen LogP contribution in [0.1, 0.15) is 47.5 Å². The van der Waals surface area contributed by atoms with Crippen molar-refractivity contribution in [2.75, 3.05) is 4.90 Å². The summed E-state index contributed by atoms with van der Waals surface area (Å²) in [6, 6.07) is 5.04. The lowest BCUT2D eigenvalue weighted by Gasteiger charge is -2.45. The summed E-state index contributed by atoms with van der Waals surface area (Å²) in [7, 11) is 2.16. The molecule has 1 aliphatic heterocycles. The Bertz CT molecular complexity index is 484. The number of anilines is 1. The maximum atomic E-state index is 2.69. The lowest BCUT2D eigenvalue weighted by Crippen LogP contribution is -2.51. The van der Waals surface area contributed by atoms with Gasteiger partial charge in [-0.05, 0) is 49.7 Å². The minimum absolute atomic E-state index is 0.285. The topological polar surface area (TPSA) is 8.17 Å². The number of nitrogens with zero attached hydrogens (tertiary/aromatic N) is 2. The molecule has 2 bridgehead atoms. The van der Waals surface area contributed by atoms with E-state index in [9.17, 15) is 0 Å². The Labute approximate surface area is 111 Å². The average Bonchev–Trinajstić information content (AvgIpc) is 2.80. The molecule has 100 valence electrons. The molecule has 1 aromatic heterocycles. The molecular weight excluding hydrogens is 220 g/mol. The third kappa shape index (κ3) is 1.02. The molecule has 3 unspecified atom stereocenters. The number of hydrogen-bond donors (Lipinski definition) is 0. The van der Waals surface area contributed by atoms with Gasteiger partial charge in [-0.1, -0.05) is 20.8 Å². The molecule has 1 saturated carbocycles. The summed E-state index contributed by atoms with van der Waals surface area (Å²) in [6.07, 6.45) is 4.83. The second-order valence-electron chi connectivity index (χ2n) is 7.34. The SMILES string of the molecule is CC1N(c2cccn2C)C2(C)CCC1(C)C2(C)C. The molecular formula is C16H26N2. The van der Waals surface area contributed by atoms with Crippen molar-refractivity contribution in [1.29, 1.82) is 0 Å². The lowest BCUT2D eigenvalue weighted by atomic mass is 9.65. The second-order valence-corrected chi connectivity index (χ2v) is 7.34. The maximum Gasteiger partial charge on any atom is 0.108 e. The van der Waals surface area contributed by atoms with Crippen molar-refractivity contribution >= 4 is 5.82 Å². The van der Waals surface area contributed by atoms with Crippen molar-refractivity contribution in [2.24, 2.45) is 17.9 Å². The highest BCUT2D eigenvalue weighted by molar-refractivity contribution is 5.52. The zero-order chi connectivity index (χ0) is 13.3.